The summed E-state index contributed by atoms with van der Waals surface area (Å²) in [6.45, 7) is 5.27. The third-order valence-corrected chi connectivity index (χ3v) is 2.59. The molecule has 0 saturated heterocycles. The molecule has 1 atom stereocenters. The number of anilines is 1. The van der Waals surface area contributed by atoms with Crippen molar-refractivity contribution in [2.45, 2.75) is 26.3 Å². The van der Waals surface area contributed by atoms with E-state index in [2.05, 4.69) is 19.2 Å². The van der Waals surface area contributed by atoms with Crippen molar-refractivity contribution in [3.8, 4) is 0 Å². The van der Waals surface area contributed by atoms with Gasteiger partial charge in [-0.25, -0.2) is 4.79 Å². The molecule has 0 spiro atoms. The average molecular weight is 236 g/mol. The smallest absolute Gasteiger partial charge is 0.338 e. The Labute approximate surface area is 102 Å². The van der Waals surface area contributed by atoms with Crippen LogP contribution in [-0.2, 0) is 4.74 Å². The number of nitrogens with two attached hydrogens (primary N) is 1. The molecule has 0 amide bonds. The van der Waals surface area contributed by atoms with E-state index in [-0.39, 0.29) is 5.97 Å². The Kier molecular flexibility index (Phi) is 5.49. The number of esters is 1. The molecule has 0 saturated carbocycles. The Morgan fingerprint density at radius 2 is 2.06 bits per heavy atom. The number of carbonyl (C=O) groups is 1. The summed E-state index contributed by atoms with van der Waals surface area (Å²) in [7, 11) is 0. The first-order valence-electron chi connectivity index (χ1n) is 5.89. The number of rotatable bonds is 6. The zero-order valence-electron chi connectivity index (χ0n) is 10.4. The molecular weight excluding hydrogens is 216 g/mol. The van der Waals surface area contributed by atoms with Gasteiger partial charge in [-0.1, -0.05) is 6.92 Å². The fourth-order valence-corrected chi connectivity index (χ4v) is 1.30. The van der Waals surface area contributed by atoms with Crippen LogP contribution in [0.4, 0.5) is 5.69 Å². The molecule has 4 heteroatoms. The quantitative estimate of drug-likeness (QED) is 0.449. The highest BCUT2D eigenvalue weighted by Crippen LogP contribution is 2.06. The second-order valence-electron chi connectivity index (χ2n) is 4.02. The Hall–Kier alpha value is -1.55. The number of ether oxygens (including phenoxy) is 1. The maximum absolute atomic E-state index is 11.6. The summed E-state index contributed by atoms with van der Waals surface area (Å²) < 4.78 is 5.12. The van der Waals surface area contributed by atoms with Crippen LogP contribution in [0.25, 0.3) is 0 Å². The molecule has 0 bridgehead atoms. The second-order valence-corrected chi connectivity index (χ2v) is 4.02. The second kappa shape index (κ2) is 6.91. The summed E-state index contributed by atoms with van der Waals surface area (Å²) in [5, 5.41) is 3.25. The van der Waals surface area contributed by atoms with Gasteiger partial charge in [-0.05, 0) is 37.6 Å². The molecule has 0 aliphatic rings. The van der Waals surface area contributed by atoms with Gasteiger partial charge in [0, 0.05) is 18.3 Å². The van der Waals surface area contributed by atoms with Crippen LogP contribution in [0.1, 0.15) is 30.6 Å². The molecule has 17 heavy (non-hydrogen) atoms. The number of hydrogen-bond acceptors (Lipinski definition) is 4. The third-order valence-electron chi connectivity index (χ3n) is 2.59. The van der Waals surface area contributed by atoms with E-state index in [4.69, 9.17) is 10.5 Å². The normalized spacial score (nSPS) is 12.1. The van der Waals surface area contributed by atoms with E-state index in [0.29, 0.717) is 30.4 Å². The van der Waals surface area contributed by atoms with Crippen molar-refractivity contribution in [1.82, 2.24) is 5.32 Å². The molecule has 0 aliphatic carbocycles. The van der Waals surface area contributed by atoms with Crippen molar-refractivity contribution >= 4 is 11.7 Å². The predicted molar refractivity (Wildman–Crippen MR) is 68.9 cm³/mol. The molecule has 0 fully saturated rings. The lowest BCUT2D eigenvalue weighted by atomic mass is 10.2. The minimum absolute atomic E-state index is 0.309. The van der Waals surface area contributed by atoms with Gasteiger partial charge < -0.3 is 15.8 Å². The molecule has 3 N–H and O–H groups in total. The van der Waals surface area contributed by atoms with Crippen molar-refractivity contribution in [1.29, 1.82) is 0 Å². The van der Waals surface area contributed by atoms with Crippen LogP contribution >= 0.6 is 0 Å². The molecule has 1 unspecified atom stereocenters. The summed E-state index contributed by atoms with van der Waals surface area (Å²) in [6.07, 6.45) is 1.06. The minimum Gasteiger partial charge on any atom is -0.461 e. The van der Waals surface area contributed by atoms with Gasteiger partial charge >= 0.3 is 5.97 Å². The minimum atomic E-state index is -0.309. The number of hydrogen-bond donors (Lipinski definition) is 2. The SMILES string of the molecule is CCC(C)NCCOC(=O)c1ccc(N)cc1. The molecule has 94 valence electrons. The van der Waals surface area contributed by atoms with Crippen LogP contribution < -0.4 is 11.1 Å². The van der Waals surface area contributed by atoms with Crippen LogP contribution in [0.2, 0.25) is 0 Å². The first-order valence-corrected chi connectivity index (χ1v) is 5.89. The summed E-state index contributed by atoms with van der Waals surface area (Å²) >= 11 is 0. The number of carbonyl (C=O) groups excluding carboxylic acids is 1. The fourth-order valence-electron chi connectivity index (χ4n) is 1.30. The Morgan fingerprint density at radius 3 is 2.65 bits per heavy atom. The first kappa shape index (κ1) is 13.5. The standard InChI is InChI=1S/C13H20N2O2/c1-3-10(2)15-8-9-17-13(16)11-4-6-12(14)7-5-11/h4-7,10,15H,3,8-9,14H2,1-2H3. The molecule has 0 radical (unpaired) electrons. The van der Waals surface area contributed by atoms with E-state index in [1.54, 1.807) is 24.3 Å². The van der Waals surface area contributed by atoms with E-state index < -0.39 is 0 Å². The number of nitrogens with one attached hydrogen (secondary N) is 1. The van der Waals surface area contributed by atoms with Gasteiger partial charge in [0.25, 0.3) is 0 Å². The average Bonchev–Trinajstić information content (AvgIpc) is 2.34. The maximum Gasteiger partial charge on any atom is 0.338 e. The van der Waals surface area contributed by atoms with E-state index >= 15 is 0 Å². The van der Waals surface area contributed by atoms with Gasteiger partial charge in [-0.3, -0.25) is 0 Å². The third kappa shape index (κ3) is 4.87. The molecule has 1 aromatic rings. The van der Waals surface area contributed by atoms with E-state index in [1.807, 2.05) is 0 Å². The van der Waals surface area contributed by atoms with Gasteiger partial charge in [-0.2, -0.15) is 0 Å². The van der Waals surface area contributed by atoms with Crippen molar-refractivity contribution in [2.24, 2.45) is 0 Å². The fraction of sp³-hybridized carbons (Fsp3) is 0.462. The molecule has 0 heterocycles. The molecule has 0 aromatic heterocycles. The van der Waals surface area contributed by atoms with Crippen LogP contribution in [-0.4, -0.2) is 25.2 Å². The highest BCUT2D eigenvalue weighted by Gasteiger charge is 2.06. The summed E-state index contributed by atoms with van der Waals surface area (Å²) in [6, 6.07) is 7.16. The largest absolute Gasteiger partial charge is 0.461 e. The Morgan fingerprint density at radius 1 is 1.41 bits per heavy atom. The zero-order chi connectivity index (χ0) is 12.7. The number of nitrogen functional groups attached to an aromatic ring is 1. The van der Waals surface area contributed by atoms with E-state index in [9.17, 15) is 4.79 Å². The van der Waals surface area contributed by atoms with Crippen molar-refractivity contribution in [3.63, 3.8) is 0 Å². The van der Waals surface area contributed by atoms with Gasteiger partial charge in [0.15, 0.2) is 0 Å². The van der Waals surface area contributed by atoms with Gasteiger partial charge in [-0.15, -0.1) is 0 Å². The van der Waals surface area contributed by atoms with Crippen LogP contribution in [0.5, 0.6) is 0 Å². The van der Waals surface area contributed by atoms with Crippen LogP contribution in [0.3, 0.4) is 0 Å². The maximum atomic E-state index is 11.6. The summed E-state index contributed by atoms with van der Waals surface area (Å²) in [5.41, 5.74) is 6.70. The van der Waals surface area contributed by atoms with Crippen LogP contribution in [0.15, 0.2) is 24.3 Å². The predicted octanol–water partition coefficient (Wildman–Crippen LogP) is 1.81. The Balaban J connectivity index is 2.28. The van der Waals surface area contributed by atoms with Crippen molar-refractivity contribution < 1.29 is 9.53 Å². The lowest BCUT2D eigenvalue weighted by molar-refractivity contribution is 0.0506. The number of benzene rings is 1. The molecule has 1 rings (SSSR count). The van der Waals surface area contributed by atoms with Gasteiger partial charge in [0.05, 0.1) is 5.56 Å². The molecule has 0 aliphatic heterocycles. The lowest BCUT2D eigenvalue weighted by Crippen LogP contribution is -2.29. The lowest BCUT2D eigenvalue weighted by Gasteiger charge is -2.11. The van der Waals surface area contributed by atoms with Crippen LogP contribution in [0, 0.1) is 0 Å². The van der Waals surface area contributed by atoms with Crippen molar-refractivity contribution in [2.75, 3.05) is 18.9 Å². The topological polar surface area (TPSA) is 64.3 Å². The molecule has 1 aromatic carbocycles. The van der Waals surface area contributed by atoms with Gasteiger partial charge in [0.2, 0.25) is 0 Å². The Bertz CT molecular complexity index is 349. The van der Waals surface area contributed by atoms with Gasteiger partial charge in [0.1, 0.15) is 6.61 Å². The summed E-state index contributed by atoms with van der Waals surface area (Å²) in [5.74, 6) is -0.309. The summed E-state index contributed by atoms with van der Waals surface area (Å²) in [4.78, 5) is 11.6. The molecule has 4 nitrogen and oxygen atoms in total. The monoisotopic (exact) mass is 236 g/mol. The van der Waals surface area contributed by atoms with Crippen molar-refractivity contribution in [3.05, 3.63) is 29.8 Å². The first-order chi connectivity index (χ1) is 8.13. The zero-order valence-corrected chi connectivity index (χ0v) is 10.4. The highest BCUT2D eigenvalue weighted by molar-refractivity contribution is 5.89. The molecular formula is C13H20N2O2. The highest BCUT2D eigenvalue weighted by atomic mass is 16.5. The van der Waals surface area contributed by atoms with E-state index in [1.165, 1.54) is 0 Å². The van der Waals surface area contributed by atoms with E-state index in [0.717, 1.165) is 6.42 Å².